The highest BCUT2D eigenvalue weighted by Crippen LogP contribution is 2.39. The summed E-state index contributed by atoms with van der Waals surface area (Å²) in [6.45, 7) is 2.16. The second-order valence-corrected chi connectivity index (χ2v) is 8.34. The van der Waals surface area contributed by atoms with Gasteiger partial charge in [0.2, 0.25) is 0 Å². The molecule has 1 N–H and O–H groups in total. The molecule has 0 bridgehead atoms. The molecule has 7 nitrogen and oxygen atoms in total. The SMILES string of the molecule is CC#CC(=O)N1CCCC1c1cc(-c2c(F)cc(C(=O)Nc3ccccn3)cc2F)n2cnccc12. The van der Waals surface area contributed by atoms with Gasteiger partial charge in [0.15, 0.2) is 0 Å². The monoisotopic (exact) mass is 485 g/mol. The summed E-state index contributed by atoms with van der Waals surface area (Å²) in [6.07, 6.45) is 6.06. The molecule has 36 heavy (non-hydrogen) atoms. The zero-order chi connectivity index (χ0) is 25.2. The topological polar surface area (TPSA) is 79.6 Å². The van der Waals surface area contributed by atoms with Crippen LogP contribution in [0.1, 0.15) is 41.7 Å². The molecular weight excluding hydrogens is 464 g/mol. The van der Waals surface area contributed by atoms with Gasteiger partial charge in [0, 0.05) is 30.1 Å². The quantitative estimate of drug-likeness (QED) is 0.428. The molecule has 1 atom stereocenters. The summed E-state index contributed by atoms with van der Waals surface area (Å²) in [4.78, 5) is 34.9. The lowest BCUT2D eigenvalue weighted by atomic mass is 10.0. The van der Waals surface area contributed by atoms with Crippen LogP contribution in [0.5, 0.6) is 0 Å². The number of pyridine rings is 1. The fourth-order valence-corrected chi connectivity index (χ4v) is 4.62. The third-order valence-electron chi connectivity index (χ3n) is 6.18. The van der Waals surface area contributed by atoms with Crippen molar-refractivity contribution in [2.45, 2.75) is 25.8 Å². The Kier molecular flexibility index (Phi) is 6.17. The summed E-state index contributed by atoms with van der Waals surface area (Å²) < 4.78 is 32.3. The molecule has 3 aromatic heterocycles. The van der Waals surface area contributed by atoms with Crippen LogP contribution in [0.25, 0.3) is 16.8 Å². The van der Waals surface area contributed by atoms with Crippen LogP contribution in [-0.4, -0.2) is 37.6 Å². The average Bonchev–Trinajstić information content (AvgIpc) is 3.50. The number of carbonyl (C=O) groups is 2. The summed E-state index contributed by atoms with van der Waals surface area (Å²) in [5.41, 5.74) is 1.21. The number of halogens is 2. The number of nitrogens with one attached hydrogen (secondary N) is 1. The third kappa shape index (κ3) is 4.18. The van der Waals surface area contributed by atoms with Crippen molar-refractivity contribution in [2.24, 2.45) is 0 Å². The second-order valence-electron chi connectivity index (χ2n) is 8.34. The van der Waals surface area contributed by atoms with Crippen molar-refractivity contribution in [1.29, 1.82) is 0 Å². The largest absolute Gasteiger partial charge is 0.325 e. The Morgan fingerprint density at radius 2 is 1.92 bits per heavy atom. The fraction of sp³-hybridized carbons (Fsp3) is 0.185. The van der Waals surface area contributed by atoms with Gasteiger partial charge in [-0.05, 0) is 62.1 Å². The number of aromatic nitrogens is 3. The molecule has 1 aromatic carbocycles. The molecule has 1 saturated heterocycles. The minimum absolute atomic E-state index is 0.177. The lowest BCUT2D eigenvalue weighted by Crippen LogP contribution is -2.29. The van der Waals surface area contributed by atoms with E-state index in [1.165, 1.54) is 12.5 Å². The first-order chi connectivity index (χ1) is 17.5. The van der Waals surface area contributed by atoms with E-state index in [0.717, 1.165) is 24.1 Å². The number of hydrogen-bond donors (Lipinski definition) is 1. The standard InChI is InChI=1S/C27H21F2N5O2/c1-2-6-25(35)33-12-5-7-21(33)18-15-23(34-16-30-11-9-22(18)34)26-19(28)13-17(14-20(26)29)27(36)32-24-8-3-4-10-31-24/h3-4,8-11,13-16,21H,5,7,12H2,1H3,(H,31,32,36). The minimum Gasteiger partial charge on any atom is -0.325 e. The number of fused-ring (bicyclic) bond motifs is 1. The molecule has 1 aliphatic heterocycles. The Labute approximate surface area is 205 Å². The molecule has 1 aliphatic rings. The number of nitrogens with zero attached hydrogens (tertiary/aromatic N) is 4. The summed E-state index contributed by atoms with van der Waals surface area (Å²) in [5.74, 6) is 2.73. The van der Waals surface area contributed by atoms with Crippen LogP contribution in [0.4, 0.5) is 14.6 Å². The molecule has 0 aliphatic carbocycles. The van der Waals surface area contributed by atoms with Crippen LogP contribution in [0, 0.1) is 23.5 Å². The van der Waals surface area contributed by atoms with Gasteiger partial charge >= 0.3 is 0 Å². The summed E-state index contributed by atoms with van der Waals surface area (Å²) in [6, 6.07) is 10.1. The van der Waals surface area contributed by atoms with Gasteiger partial charge in [0.25, 0.3) is 11.8 Å². The van der Waals surface area contributed by atoms with Gasteiger partial charge < -0.3 is 10.2 Å². The van der Waals surface area contributed by atoms with Crippen molar-refractivity contribution in [3.63, 3.8) is 0 Å². The maximum atomic E-state index is 15.4. The van der Waals surface area contributed by atoms with E-state index in [1.54, 1.807) is 52.8 Å². The number of amides is 2. The number of carbonyl (C=O) groups excluding carboxylic acids is 2. The molecule has 5 rings (SSSR count). The molecule has 0 spiro atoms. The number of hydrogen-bond acceptors (Lipinski definition) is 4. The molecule has 1 unspecified atom stereocenters. The van der Waals surface area contributed by atoms with Gasteiger partial charge in [-0.25, -0.2) is 18.7 Å². The molecule has 4 aromatic rings. The van der Waals surface area contributed by atoms with Gasteiger partial charge in [-0.2, -0.15) is 0 Å². The van der Waals surface area contributed by atoms with E-state index in [-0.39, 0.29) is 34.6 Å². The lowest BCUT2D eigenvalue weighted by Gasteiger charge is -2.22. The molecule has 9 heteroatoms. The zero-order valence-corrected chi connectivity index (χ0v) is 19.3. The highest BCUT2D eigenvalue weighted by molar-refractivity contribution is 6.04. The van der Waals surface area contributed by atoms with Crippen LogP contribution >= 0.6 is 0 Å². The fourth-order valence-electron chi connectivity index (χ4n) is 4.62. The van der Waals surface area contributed by atoms with Crippen LogP contribution in [0.3, 0.4) is 0 Å². The van der Waals surface area contributed by atoms with Gasteiger partial charge in [-0.3, -0.25) is 14.0 Å². The molecular formula is C27H21F2N5O2. The zero-order valence-electron chi connectivity index (χ0n) is 19.3. The van der Waals surface area contributed by atoms with E-state index in [9.17, 15) is 9.59 Å². The molecule has 4 heterocycles. The van der Waals surface area contributed by atoms with Gasteiger partial charge in [-0.1, -0.05) is 12.0 Å². The Bertz CT molecular complexity index is 1520. The van der Waals surface area contributed by atoms with Crippen LogP contribution < -0.4 is 5.32 Å². The molecule has 0 radical (unpaired) electrons. The van der Waals surface area contributed by atoms with E-state index in [2.05, 4.69) is 27.1 Å². The first kappa shape index (κ1) is 23.2. The van der Waals surface area contributed by atoms with Crippen LogP contribution in [0.15, 0.2) is 61.2 Å². The Balaban J connectivity index is 1.56. The first-order valence-electron chi connectivity index (χ1n) is 11.4. The minimum atomic E-state index is -0.896. The Morgan fingerprint density at radius 3 is 2.64 bits per heavy atom. The van der Waals surface area contributed by atoms with E-state index in [1.807, 2.05) is 0 Å². The normalized spacial score (nSPS) is 15.0. The van der Waals surface area contributed by atoms with Gasteiger partial charge in [-0.15, -0.1) is 0 Å². The van der Waals surface area contributed by atoms with E-state index >= 15 is 8.78 Å². The van der Waals surface area contributed by atoms with Crippen molar-refractivity contribution in [3.05, 3.63) is 83.9 Å². The van der Waals surface area contributed by atoms with Crippen molar-refractivity contribution in [3.8, 4) is 23.1 Å². The smallest absolute Gasteiger partial charge is 0.298 e. The Hall–Kier alpha value is -4.58. The maximum absolute atomic E-state index is 15.4. The van der Waals surface area contributed by atoms with E-state index in [0.29, 0.717) is 18.5 Å². The summed E-state index contributed by atoms with van der Waals surface area (Å²) in [7, 11) is 0. The molecule has 0 saturated carbocycles. The second kappa shape index (κ2) is 9.58. The van der Waals surface area contributed by atoms with Crippen molar-refractivity contribution >= 4 is 23.1 Å². The van der Waals surface area contributed by atoms with Crippen LogP contribution in [-0.2, 0) is 4.79 Å². The lowest BCUT2D eigenvalue weighted by molar-refractivity contribution is -0.125. The highest BCUT2D eigenvalue weighted by Gasteiger charge is 2.32. The van der Waals surface area contributed by atoms with Crippen LogP contribution in [0.2, 0.25) is 0 Å². The molecule has 1 fully saturated rings. The van der Waals surface area contributed by atoms with Crippen molar-refractivity contribution < 1.29 is 18.4 Å². The summed E-state index contributed by atoms with van der Waals surface area (Å²) >= 11 is 0. The predicted molar refractivity (Wildman–Crippen MR) is 130 cm³/mol. The van der Waals surface area contributed by atoms with E-state index < -0.39 is 17.5 Å². The Morgan fingerprint density at radius 1 is 1.11 bits per heavy atom. The average molecular weight is 485 g/mol. The third-order valence-corrected chi connectivity index (χ3v) is 6.18. The van der Waals surface area contributed by atoms with Crippen molar-refractivity contribution in [2.75, 3.05) is 11.9 Å². The number of likely N-dealkylation sites (tertiary alicyclic amines) is 1. The number of rotatable bonds is 4. The predicted octanol–water partition coefficient (Wildman–Crippen LogP) is 4.61. The van der Waals surface area contributed by atoms with Gasteiger partial charge in [0.05, 0.1) is 29.1 Å². The number of benzene rings is 1. The van der Waals surface area contributed by atoms with Gasteiger partial charge in [0.1, 0.15) is 17.5 Å². The first-order valence-corrected chi connectivity index (χ1v) is 11.4. The molecule has 180 valence electrons. The van der Waals surface area contributed by atoms with E-state index in [4.69, 9.17) is 0 Å². The molecule has 2 amide bonds. The summed E-state index contributed by atoms with van der Waals surface area (Å²) in [5, 5.41) is 2.52. The highest BCUT2D eigenvalue weighted by atomic mass is 19.1. The van der Waals surface area contributed by atoms with Crippen molar-refractivity contribution in [1.82, 2.24) is 19.3 Å². The maximum Gasteiger partial charge on any atom is 0.298 e. The number of anilines is 1.